The second-order valence-electron chi connectivity index (χ2n) is 10.5. The van der Waals surface area contributed by atoms with E-state index in [9.17, 15) is 0 Å². The van der Waals surface area contributed by atoms with Crippen molar-refractivity contribution in [3.05, 3.63) is 60.6 Å². The topological polar surface area (TPSA) is 90.9 Å². The third-order valence-corrected chi connectivity index (χ3v) is 5.85. The predicted molar refractivity (Wildman–Crippen MR) is 145 cm³/mol. The van der Waals surface area contributed by atoms with Crippen LogP contribution in [0.15, 0.2) is 55.0 Å². The molecule has 0 aliphatic heterocycles. The summed E-state index contributed by atoms with van der Waals surface area (Å²) in [7, 11) is 0.460. The van der Waals surface area contributed by atoms with E-state index in [1.165, 1.54) is 0 Å². The average Bonchev–Trinajstić information content (AvgIpc) is 3.21. The molecule has 8 heteroatoms. The molecule has 0 amide bonds. The van der Waals surface area contributed by atoms with Crippen LogP contribution in [0.25, 0.3) is 22.0 Å². The zero-order valence-electron chi connectivity index (χ0n) is 21.2. The van der Waals surface area contributed by atoms with Crippen molar-refractivity contribution >= 4 is 30.6 Å². The molecule has 35 heavy (non-hydrogen) atoms. The number of aryl methyl sites for hydroxylation is 1. The number of ether oxygens (including phenoxy) is 1. The summed E-state index contributed by atoms with van der Waals surface area (Å²) in [5.74, 6) is 4.51. The number of hydrogen-bond acceptors (Lipinski definition) is 6. The quantitative estimate of drug-likeness (QED) is 0.292. The number of anilines is 2. The number of nitrogens with one attached hydrogen (secondary N) is 1. The lowest BCUT2D eigenvalue weighted by atomic mass is 10.1. The third kappa shape index (κ3) is 6.91. The summed E-state index contributed by atoms with van der Waals surface area (Å²) in [6.45, 7) is 11.0. The fraction of sp³-hybridized carbons (Fsp3) is 0.296. The van der Waals surface area contributed by atoms with Crippen molar-refractivity contribution in [3.63, 3.8) is 0 Å². The summed E-state index contributed by atoms with van der Waals surface area (Å²) >= 11 is 0. The molecule has 0 radical (unpaired) electrons. The zero-order valence-corrected chi connectivity index (χ0v) is 22.2. The molecule has 180 valence electrons. The zero-order chi connectivity index (χ0) is 25.2. The summed E-state index contributed by atoms with van der Waals surface area (Å²) in [4.78, 5) is 9.24. The van der Waals surface area contributed by atoms with Crippen molar-refractivity contribution in [2.45, 2.75) is 39.0 Å². The van der Waals surface area contributed by atoms with Gasteiger partial charge in [-0.1, -0.05) is 25.6 Å². The van der Waals surface area contributed by atoms with E-state index in [-0.39, 0.29) is 0 Å². The van der Waals surface area contributed by atoms with E-state index >= 15 is 0 Å². The Hall–Kier alpha value is -3.67. The first-order valence-corrected chi connectivity index (χ1v) is 15.1. The summed E-state index contributed by atoms with van der Waals surface area (Å²) in [5.41, 5.74) is 13.7. The highest BCUT2D eigenvalue weighted by Gasteiger charge is 2.14. The van der Waals surface area contributed by atoms with Gasteiger partial charge in [0.15, 0.2) is 0 Å². The molecule has 2 aromatic carbocycles. The van der Waals surface area contributed by atoms with Gasteiger partial charge in [-0.2, -0.15) is 5.10 Å². The molecule has 0 saturated carbocycles. The second-order valence-corrected chi connectivity index (χ2v) is 15.3. The monoisotopic (exact) mass is 484 g/mol. The van der Waals surface area contributed by atoms with Crippen LogP contribution in [-0.2, 0) is 7.05 Å². The SMILES string of the molecule is Cn1cc(-c2cc(Nc3ncc4cc(C#C[Si](C)(C)C)ccc4n3)cc(OCC(C)(C)N)c2)cn1. The van der Waals surface area contributed by atoms with Gasteiger partial charge in [0.2, 0.25) is 5.95 Å². The normalized spacial score (nSPS) is 11.7. The van der Waals surface area contributed by atoms with Crippen molar-refractivity contribution in [2.24, 2.45) is 12.8 Å². The van der Waals surface area contributed by atoms with Gasteiger partial charge in [0.1, 0.15) is 20.4 Å². The first kappa shape index (κ1) is 24.5. The van der Waals surface area contributed by atoms with Gasteiger partial charge in [0, 0.05) is 53.2 Å². The molecule has 0 bridgehead atoms. The molecule has 0 spiro atoms. The van der Waals surface area contributed by atoms with Crippen molar-refractivity contribution in [1.29, 1.82) is 0 Å². The molecule has 2 aromatic heterocycles. The van der Waals surface area contributed by atoms with E-state index in [0.29, 0.717) is 18.3 Å². The van der Waals surface area contributed by atoms with Gasteiger partial charge in [-0.05, 0) is 49.7 Å². The van der Waals surface area contributed by atoms with Crippen LogP contribution in [0.2, 0.25) is 19.6 Å². The van der Waals surface area contributed by atoms with Gasteiger partial charge < -0.3 is 15.8 Å². The molecule has 7 nitrogen and oxygen atoms in total. The van der Waals surface area contributed by atoms with Crippen LogP contribution in [0.3, 0.4) is 0 Å². The minimum atomic E-state index is -1.43. The Morgan fingerprint density at radius 1 is 1.09 bits per heavy atom. The number of fused-ring (bicyclic) bond motifs is 1. The van der Waals surface area contributed by atoms with E-state index in [1.807, 2.05) is 75.9 Å². The Kier molecular flexibility index (Phi) is 6.65. The lowest BCUT2D eigenvalue weighted by Crippen LogP contribution is -2.38. The van der Waals surface area contributed by atoms with Gasteiger partial charge >= 0.3 is 0 Å². The molecule has 2 heterocycles. The van der Waals surface area contributed by atoms with Gasteiger partial charge in [-0.3, -0.25) is 4.68 Å². The van der Waals surface area contributed by atoms with Crippen LogP contribution in [0, 0.1) is 11.5 Å². The maximum absolute atomic E-state index is 6.12. The molecule has 0 unspecified atom stereocenters. The molecule has 0 aliphatic carbocycles. The number of hydrogen-bond donors (Lipinski definition) is 2. The Morgan fingerprint density at radius 2 is 1.89 bits per heavy atom. The van der Waals surface area contributed by atoms with Gasteiger partial charge in [-0.15, -0.1) is 5.54 Å². The average molecular weight is 485 g/mol. The largest absolute Gasteiger partial charge is 0.492 e. The highest BCUT2D eigenvalue weighted by Crippen LogP contribution is 2.30. The van der Waals surface area contributed by atoms with E-state index in [2.05, 4.69) is 46.5 Å². The third-order valence-electron chi connectivity index (χ3n) is 4.97. The summed E-state index contributed by atoms with van der Waals surface area (Å²) in [6, 6.07) is 12.0. The highest BCUT2D eigenvalue weighted by atomic mass is 28.3. The first-order valence-electron chi connectivity index (χ1n) is 11.6. The van der Waals surface area contributed by atoms with E-state index in [1.54, 1.807) is 4.68 Å². The van der Waals surface area contributed by atoms with Gasteiger partial charge in [0.05, 0.1) is 11.7 Å². The molecule has 0 saturated heterocycles. The molecular weight excluding hydrogens is 452 g/mol. The van der Waals surface area contributed by atoms with Gasteiger partial charge in [0.25, 0.3) is 0 Å². The van der Waals surface area contributed by atoms with Crippen LogP contribution >= 0.6 is 0 Å². The molecular formula is C27H32N6OSi. The standard InChI is InChI=1S/C27H32N6OSi/c1-27(2,28)18-34-24-13-20(22-16-30-33(3)17-22)12-23(14-24)31-26-29-15-21-11-19(7-8-25(21)32-26)9-10-35(4,5)6/h7-8,11-17H,18,28H2,1-6H3,(H,29,31,32). The van der Waals surface area contributed by atoms with Crippen molar-refractivity contribution in [2.75, 3.05) is 11.9 Å². The summed E-state index contributed by atoms with van der Waals surface area (Å²) in [6.07, 6.45) is 5.61. The number of rotatable bonds is 6. The fourth-order valence-corrected chi connectivity index (χ4v) is 3.84. The number of aromatic nitrogens is 4. The minimum Gasteiger partial charge on any atom is -0.492 e. The van der Waals surface area contributed by atoms with Crippen molar-refractivity contribution in [3.8, 4) is 28.3 Å². The Balaban J connectivity index is 1.63. The molecule has 0 aliphatic rings. The van der Waals surface area contributed by atoms with Crippen LogP contribution in [0.1, 0.15) is 19.4 Å². The van der Waals surface area contributed by atoms with Crippen LogP contribution in [-0.4, -0.2) is 40.0 Å². The predicted octanol–water partition coefficient (Wildman–Crippen LogP) is 5.12. The van der Waals surface area contributed by atoms with Gasteiger partial charge in [-0.25, -0.2) is 9.97 Å². The molecule has 3 N–H and O–H groups in total. The molecule has 4 aromatic rings. The van der Waals surface area contributed by atoms with Crippen LogP contribution < -0.4 is 15.8 Å². The Bertz CT molecular complexity index is 1420. The number of nitrogens with two attached hydrogens (primary N) is 1. The fourth-order valence-electron chi connectivity index (χ4n) is 3.32. The first-order chi connectivity index (χ1) is 16.4. The smallest absolute Gasteiger partial charge is 0.227 e. The number of nitrogens with zero attached hydrogens (tertiary/aromatic N) is 4. The van der Waals surface area contributed by atoms with E-state index in [0.717, 1.165) is 33.3 Å². The minimum absolute atomic E-state index is 0.387. The maximum Gasteiger partial charge on any atom is 0.227 e. The van der Waals surface area contributed by atoms with Crippen LogP contribution in [0.5, 0.6) is 5.75 Å². The lowest BCUT2D eigenvalue weighted by Gasteiger charge is -2.20. The molecule has 0 atom stereocenters. The summed E-state index contributed by atoms with van der Waals surface area (Å²) < 4.78 is 7.78. The number of benzene rings is 2. The maximum atomic E-state index is 6.12. The van der Waals surface area contributed by atoms with Crippen LogP contribution in [0.4, 0.5) is 11.6 Å². The Labute approximate surface area is 207 Å². The lowest BCUT2D eigenvalue weighted by molar-refractivity contribution is 0.243. The van der Waals surface area contributed by atoms with Crippen molar-refractivity contribution < 1.29 is 4.74 Å². The highest BCUT2D eigenvalue weighted by molar-refractivity contribution is 6.83. The van der Waals surface area contributed by atoms with E-state index < -0.39 is 13.6 Å². The Morgan fingerprint density at radius 3 is 2.57 bits per heavy atom. The van der Waals surface area contributed by atoms with Crippen molar-refractivity contribution in [1.82, 2.24) is 19.7 Å². The van der Waals surface area contributed by atoms with E-state index in [4.69, 9.17) is 15.5 Å². The molecule has 4 rings (SSSR count). The second kappa shape index (κ2) is 9.53. The molecule has 0 fully saturated rings. The summed E-state index contributed by atoms with van der Waals surface area (Å²) in [5, 5.41) is 8.57.